The van der Waals surface area contributed by atoms with E-state index in [1.54, 1.807) is 15.7 Å². The van der Waals surface area contributed by atoms with E-state index in [4.69, 9.17) is 14.3 Å². The Bertz CT molecular complexity index is 1050. The van der Waals surface area contributed by atoms with Crippen LogP contribution >= 0.6 is 0 Å². The molecule has 30 heavy (non-hydrogen) atoms. The highest BCUT2D eigenvalue weighted by Crippen LogP contribution is 2.42. The summed E-state index contributed by atoms with van der Waals surface area (Å²) in [7, 11) is 1.89. The summed E-state index contributed by atoms with van der Waals surface area (Å²) in [5.41, 5.74) is 6.80. The van der Waals surface area contributed by atoms with Crippen molar-refractivity contribution in [2.45, 2.75) is 37.9 Å². The molecule has 1 N–H and O–H groups in total. The Kier molecular flexibility index (Phi) is 3.81. The van der Waals surface area contributed by atoms with Gasteiger partial charge in [-0.3, -0.25) is 9.58 Å². The average Bonchev–Trinajstić information content (AvgIpc) is 3.48. The normalized spacial score (nSPS) is 26.1. The van der Waals surface area contributed by atoms with Gasteiger partial charge in [0.25, 0.3) is 0 Å². The Balaban J connectivity index is 1.23. The van der Waals surface area contributed by atoms with Gasteiger partial charge >= 0.3 is 6.09 Å². The number of benzene rings is 1. The van der Waals surface area contributed by atoms with Crippen LogP contribution in [0.4, 0.5) is 20.6 Å². The number of aryl methyl sites for hydroxylation is 1. The van der Waals surface area contributed by atoms with Crippen molar-refractivity contribution in [2.24, 2.45) is 7.05 Å². The number of nitrogens with zero attached hydrogens (tertiary/aromatic N) is 4. The lowest BCUT2D eigenvalue weighted by atomic mass is 10.1. The van der Waals surface area contributed by atoms with Crippen LogP contribution in [0.25, 0.3) is 0 Å². The van der Waals surface area contributed by atoms with Crippen molar-refractivity contribution in [1.82, 2.24) is 15.3 Å². The van der Waals surface area contributed by atoms with Gasteiger partial charge in [-0.2, -0.15) is 5.10 Å². The fourth-order valence-corrected chi connectivity index (χ4v) is 4.67. The third-order valence-corrected chi connectivity index (χ3v) is 6.03. The lowest BCUT2D eigenvalue weighted by Crippen LogP contribution is -2.37. The molecule has 0 aliphatic carbocycles. The van der Waals surface area contributed by atoms with Gasteiger partial charge in [0, 0.05) is 31.4 Å². The highest BCUT2D eigenvalue weighted by atomic mass is 19.1. The van der Waals surface area contributed by atoms with Crippen LogP contribution in [0.5, 0.6) is 0 Å². The second-order valence-electron chi connectivity index (χ2n) is 7.94. The molecule has 2 unspecified atom stereocenters. The molecule has 9 nitrogen and oxygen atoms in total. The fraction of sp³-hybridized carbons (Fsp3) is 0.400. The van der Waals surface area contributed by atoms with Crippen LogP contribution in [0.1, 0.15) is 16.8 Å². The van der Waals surface area contributed by atoms with Gasteiger partial charge in [0.1, 0.15) is 18.2 Å². The Labute approximate surface area is 171 Å². The third kappa shape index (κ3) is 2.67. The van der Waals surface area contributed by atoms with Crippen molar-refractivity contribution in [2.75, 3.05) is 16.4 Å². The molecule has 0 saturated carbocycles. The van der Waals surface area contributed by atoms with Gasteiger partial charge < -0.3 is 19.2 Å². The van der Waals surface area contributed by atoms with E-state index in [0.29, 0.717) is 30.9 Å². The molecule has 6 rings (SSSR count). The first kappa shape index (κ1) is 17.7. The van der Waals surface area contributed by atoms with Crippen molar-refractivity contribution in [3.05, 3.63) is 53.3 Å². The third-order valence-electron chi connectivity index (χ3n) is 6.03. The molecule has 3 atom stereocenters. The van der Waals surface area contributed by atoms with Crippen LogP contribution in [0.2, 0.25) is 0 Å². The van der Waals surface area contributed by atoms with Crippen LogP contribution in [0.3, 0.4) is 0 Å². The van der Waals surface area contributed by atoms with E-state index in [-0.39, 0.29) is 24.7 Å². The van der Waals surface area contributed by atoms with E-state index in [1.807, 2.05) is 24.2 Å². The molecular formula is C20H20FN5O4. The first-order valence-electron chi connectivity index (χ1n) is 9.85. The largest absolute Gasteiger partial charge is 0.441 e. The minimum Gasteiger partial charge on any atom is -0.441 e. The zero-order valence-electron chi connectivity index (χ0n) is 16.2. The molecule has 0 bridgehead atoms. The van der Waals surface area contributed by atoms with Gasteiger partial charge in [0.15, 0.2) is 6.23 Å². The summed E-state index contributed by atoms with van der Waals surface area (Å²) in [6.07, 6.45) is 4.50. The van der Waals surface area contributed by atoms with E-state index >= 15 is 4.39 Å². The molecule has 1 fully saturated rings. The Morgan fingerprint density at radius 3 is 3.00 bits per heavy atom. The van der Waals surface area contributed by atoms with Gasteiger partial charge in [-0.1, -0.05) is 0 Å². The Hall–Kier alpha value is -3.11. The maximum Gasteiger partial charge on any atom is 0.415 e. The van der Waals surface area contributed by atoms with Crippen molar-refractivity contribution in [3.8, 4) is 0 Å². The SMILES string of the molecule is Cn1cc2c(n1)CN(c1cc3c(cc1F)N1C(=O)OC(COC4C=CON4)[C@@H]1C3)C2. The zero-order valence-corrected chi connectivity index (χ0v) is 16.2. The number of carbonyl (C=O) groups excluding carboxylic acids is 1. The van der Waals surface area contributed by atoms with E-state index in [9.17, 15) is 4.79 Å². The summed E-state index contributed by atoms with van der Waals surface area (Å²) >= 11 is 0. The zero-order chi connectivity index (χ0) is 20.4. The van der Waals surface area contributed by atoms with Crippen LogP contribution in [-0.2, 0) is 40.9 Å². The van der Waals surface area contributed by atoms with Gasteiger partial charge in [-0.15, -0.1) is 5.48 Å². The molecule has 4 aliphatic heterocycles. The van der Waals surface area contributed by atoms with Gasteiger partial charge in [0.05, 0.1) is 36.3 Å². The fourth-order valence-electron chi connectivity index (χ4n) is 4.67. The number of carbonyl (C=O) groups is 1. The molecule has 1 saturated heterocycles. The molecule has 1 amide bonds. The number of aromatic nitrogens is 2. The standard InChI is InChI=1S/C20H20FN5O4/c1-24-7-12-8-25(9-14(12)22-24)16-4-11-5-17-18(10-28-19-2-3-29-23-19)30-20(27)26(17)15(11)6-13(16)21/h2-4,6-7,17-19,23H,5,8-10H2,1H3/t17-,18?,19?/m0/s1. The van der Waals surface area contributed by atoms with E-state index in [0.717, 1.165) is 16.8 Å². The van der Waals surface area contributed by atoms with Crippen molar-refractivity contribution >= 4 is 17.5 Å². The molecule has 0 spiro atoms. The van der Waals surface area contributed by atoms with Crippen molar-refractivity contribution in [1.29, 1.82) is 0 Å². The monoisotopic (exact) mass is 413 g/mol. The van der Waals surface area contributed by atoms with Gasteiger partial charge in [-0.25, -0.2) is 9.18 Å². The smallest absolute Gasteiger partial charge is 0.415 e. The maximum absolute atomic E-state index is 15.0. The quantitative estimate of drug-likeness (QED) is 0.818. The summed E-state index contributed by atoms with van der Waals surface area (Å²) in [4.78, 5) is 20.9. The summed E-state index contributed by atoms with van der Waals surface area (Å²) in [6.45, 7) is 1.41. The molecule has 4 aliphatic rings. The lowest BCUT2D eigenvalue weighted by Gasteiger charge is -2.20. The molecule has 156 valence electrons. The number of hydrogen-bond donors (Lipinski definition) is 1. The van der Waals surface area contributed by atoms with E-state index in [2.05, 4.69) is 10.6 Å². The molecule has 2 aromatic rings. The van der Waals surface area contributed by atoms with E-state index in [1.165, 1.54) is 12.3 Å². The second kappa shape index (κ2) is 6.44. The Morgan fingerprint density at radius 2 is 2.20 bits per heavy atom. The van der Waals surface area contributed by atoms with Crippen LogP contribution in [0, 0.1) is 5.82 Å². The summed E-state index contributed by atoms with van der Waals surface area (Å²) in [6, 6.07) is 3.09. The first-order valence-corrected chi connectivity index (χ1v) is 9.85. The minimum absolute atomic E-state index is 0.216. The van der Waals surface area contributed by atoms with Crippen LogP contribution in [-0.4, -0.2) is 40.9 Å². The van der Waals surface area contributed by atoms with Crippen molar-refractivity contribution in [3.63, 3.8) is 0 Å². The van der Waals surface area contributed by atoms with Crippen LogP contribution in [0.15, 0.2) is 30.7 Å². The number of halogens is 1. The number of ether oxygens (including phenoxy) is 2. The predicted molar refractivity (Wildman–Crippen MR) is 103 cm³/mol. The number of hydrogen-bond acceptors (Lipinski definition) is 7. The molecule has 10 heteroatoms. The van der Waals surface area contributed by atoms with Gasteiger partial charge in [-0.05, 0) is 24.1 Å². The number of anilines is 2. The number of fused-ring (bicyclic) bond motifs is 4. The number of amides is 1. The first-order chi connectivity index (χ1) is 14.6. The molecule has 5 heterocycles. The minimum atomic E-state index is -0.469. The topological polar surface area (TPSA) is 81.1 Å². The highest BCUT2D eigenvalue weighted by molar-refractivity contribution is 5.94. The predicted octanol–water partition coefficient (Wildman–Crippen LogP) is 1.72. The lowest BCUT2D eigenvalue weighted by molar-refractivity contribution is -0.0416. The maximum atomic E-state index is 15.0. The molecule has 1 aromatic heterocycles. The molecular weight excluding hydrogens is 393 g/mol. The molecule has 0 radical (unpaired) electrons. The molecule has 1 aromatic carbocycles. The summed E-state index contributed by atoms with van der Waals surface area (Å²) in [5, 5.41) is 4.44. The van der Waals surface area contributed by atoms with E-state index < -0.39 is 12.2 Å². The highest BCUT2D eigenvalue weighted by Gasteiger charge is 2.48. The second-order valence-corrected chi connectivity index (χ2v) is 7.94. The number of rotatable bonds is 4. The van der Waals surface area contributed by atoms with Gasteiger partial charge in [0.2, 0.25) is 0 Å². The number of nitrogens with one attached hydrogen (secondary N) is 1. The number of cyclic esters (lactones) is 1. The summed E-state index contributed by atoms with van der Waals surface area (Å²) < 4.78 is 28.0. The van der Waals surface area contributed by atoms with Crippen molar-refractivity contribution < 1.29 is 23.5 Å². The number of hydroxylamine groups is 1. The summed E-state index contributed by atoms with van der Waals surface area (Å²) in [5.74, 6) is -0.353. The Morgan fingerprint density at radius 1 is 1.30 bits per heavy atom. The van der Waals surface area contributed by atoms with Crippen LogP contribution < -0.4 is 15.3 Å². The average molecular weight is 413 g/mol.